The van der Waals surface area contributed by atoms with Gasteiger partial charge < -0.3 is 5.84 Å². The van der Waals surface area contributed by atoms with E-state index in [1.807, 2.05) is 19.1 Å². The summed E-state index contributed by atoms with van der Waals surface area (Å²) in [6.07, 6.45) is 1.66. The monoisotopic (exact) mass is 148 g/mol. The molecule has 2 nitrogen and oxygen atoms in total. The molecule has 0 radical (unpaired) electrons. The van der Waals surface area contributed by atoms with Gasteiger partial charge in [-0.1, -0.05) is 23.8 Å². The van der Waals surface area contributed by atoms with Crippen LogP contribution in [0.1, 0.15) is 16.7 Å². The van der Waals surface area contributed by atoms with Crippen molar-refractivity contribution in [1.29, 1.82) is 0 Å². The predicted octanol–water partition coefficient (Wildman–Crippen LogP) is 1.60. The minimum Gasteiger partial charge on any atom is -0.323 e. The summed E-state index contributed by atoms with van der Waals surface area (Å²) in [6, 6.07) is 6.17. The maximum atomic E-state index is 5.04. The van der Waals surface area contributed by atoms with Crippen LogP contribution in [-0.2, 0) is 0 Å². The van der Waals surface area contributed by atoms with Crippen molar-refractivity contribution in [1.82, 2.24) is 0 Å². The van der Waals surface area contributed by atoms with Gasteiger partial charge in [0.15, 0.2) is 0 Å². The Hall–Kier alpha value is -1.31. The van der Waals surface area contributed by atoms with Crippen LogP contribution in [0.2, 0.25) is 0 Å². The lowest BCUT2D eigenvalue weighted by Gasteiger charge is -1.99. The molecule has 0 unspecified atom stereocenters. The maximum absolute atomic E-state index is 5.04. The second-order valence-electron chi connectivity index (χ2n) is 2.64. The van der Waals surface area contributed by atoms with E-state index in [1.165, 1.54) is 11.1 Å². The molecular formula is C9H12N2. The van der Waals surface area contributed by atoms with E-state index in [0.717, 1.165) is 5.56 Å². The molecule has 1 aromatic carbocycles. The number of nitrogens with two attached hydrogens (primary N) is 1. The Morgan fingerprint density at radius 1 is 1.36 bits per heavy atom. The Morgan fingerprint density at radius 2 is 2.09 bits per heavy atom. The highest BCUT2D eigenvalue weighted by molar-refractivity contribution is 5.81. The van der Waals surface area contributed by atoms with E-state index in [2.05, 4.69) is 18.1 Å². The summed E-state index contributed by atoms with van der Waals surface area (Å²) in [4.78, 5) is 0. The first-order valence-corrected chi connectivity index (χ1v) is 3.54. The summed E-state index contributed by atoms with van der Waals surface area (Å²) < 4.78 is 0. The molecule has 0 aliphatic carbocycles. The molecule has 0 aliphatic heterocycles. The number of rotatable bonds is 1. The van der Waals surface area contributed by atoms with E-state index in [1.54, 1.807) is 6.21 Å². The van der Waals surface area contributed by atoms with Crippen LogP contribution in [0.3, 0.4) is 0 Å². The highest BCUT2D eigenvalue weighted by Gasteiger charge is 1.93. The SMILES string of the molecule is Cc1ccc(/C=N\N)c(C)c1. The van der Waals surface area contributed by atoms with Gasteiger partial charge in [-0.15, -0.1) is 0 Å². The Balaban J connectivity index is 3.09. The second kappa shape index (κ2) is 3.19. The van der Waals surface area contributed by atoms with Gasteiger partial charge in [-0.05, 0) is 25.0 Å². The summed E-state index contributed by atoms with van der Waals surface area (Å²) >= 11 is 0. The van der Waals surface area contributed by atoms with Gasteiger partial charge in [-0.25, -0.2) is 0 Å². The number of nitrogens with zero attached hydrogens (tertiary/aromatic N) is 1. The summed E-state index contributed by atoms with van der Waals surface area (Å²) in [6.45, 7) is 4.11. The Morgan fingerprint density at radius 3 is 2.64 bits per heavy atom. The van der Waals surface area contributed by atoms with Crippen LogP contribution in [0.25, 0.3) is 0 Å². The number of aryl methyl sites for hydroxylation is 2. The van der Waals surface area contributed by atoms with Gasteiger partial charge in [0.05, 0.1) is 6.21 Å². The van der Waals surface area contributed by atoms with Gasteiger partial charge in [0.1, 0.15) is 0 Å². The third-order valence-corrected chi connectivity index (χ3v) is 1.64. The van der Waals surface area contributed by atoms with E-state index < -0.39 is 0 Å². The number of hydrogen-bond acceptors (Lipinski definition) is 2. The molecule has 0 bridgehead atoms. The summed E-state index contributed by atoms with van der Waals surface area (Å²) in [7, 11) is 0. The Bertz CT molecular complexity index is 277. The van der Waals surface area contributed by atoms with E-state index in [4.69, 9.17) is 5.84 Å². The molecule has 58 valence electrons. The van der Waals surface area contributed by atoms with Crippen LogP contribution in [0.15, 0.2) is 23.3 Å². The van der Waals surface area contributed by atoms with Crippen molar-refractivity contribution in [3.05, 3.63) is 34.9 Å². The Kier molecular flexibility index (Phi) is 2.26. The Labute approximate surface area is 66.7 Å². The van der Waals surface area contributed by atoms with Crippen molar-refractivity contribution in [2.24, 2.45) is 10.9 Å². The average molecular weight is 148 g/mol. The fraction of sp³-hybridized carbons (Fsp3) is 0.222. The van der Waals surface area contributed by atoms with Crippen LogP contribution in [0, 0.1) is 13.8 Å². The number of hydrogen-bond donors (Lipinski definition) is 1. The minimum atomic E-state index is 1.08. The molecule has 11 heavy (non-hydrogen) atoms. The summed E-state index contributed by atoms with van der Waals surface area (Å²) in [5, 5.41) is 3.47. The summed E-state index contributed by atoms with van der Waals surface area (Å²) in [5.41, 5.74) is 3.55. The molecule has 1 aromatic rings. The van der Waals surface area contributed by atoms with Crippen molar-refractivity contribution >= 4 is 6.21 Å². The van der Waals surface area contributed by atoms with Crippen molar-refractivity contribution in [2.75, 3.05) is 0 Å². The quantitative estimate of drug-likeness (QED) is 0.366. The zero-order chi connectivity index (χ0) is 8.27. The first-order valence-electron chi connectivity index (χ1n) is 3.54. The zero-order valence-electron chi connectivity index (χ0n) is 6.83. The average Bonchev–Trinajstić information content (AvgIpc) is 1.95. The summed E-state index contributed by atoms with van der Waals surface area (Å²) in [5.74, 6) is 5.04. The van der Waals surface area contributed by atoms with E-state index in [-0.39, 0.29) is 0 Å². The molecule has 2 heteroatoms. The van der Waals surface area contributed by atoms with Crippen molar-refractivity contribution < 1.29 is 0 Å². The zero-order valence-corrected chi connectivity index (χ0v) is 6.83. The van der Waals surface area contributed by atoms with Crippen LogP contribution in [-0.4, -0.2) is 6.21 Å². The lowest BCUT2D eigenvalue weighted by Crippen LogP contribution is -1.90. The lowest BCUT2D eigenvalue weighted by atomic mass is 10.1. The standard InChI is InChI=1S/C9H12N2/c1-7-3-4-9(6-11-10)8(2)5-7/h3-6H,10H2,1-2H3/b11-6-. The van der Waals surface area contributed by atoms with Gasteiger partial charge in [0.25, 0.3) is 0 Å². The number of hydrazone groups is 1. The molecule has 0 amide bonds. The molecule has 2 N–H and O–H groups in total. The number of benzene rings is 1. The molecule has 0 aromatic heterocycles. The largest absolute Gasteiger partial charge is 0.323 e. The molecule has 0 heterocycles. The van der Waals surface area contributed by atoms with Crippen LogP contribution >= 0.6 is 0 Å². The highest BCUT2D eigenvalue weighted by atomic mass is 15.1. The lowest BCUT2D eigenvalue weighted by molar-refractivity contribution is 1.26. The molecule has 0 saturated heterocycles. The van der Waals surface area contributed by atoms with Gasteiger partial charge >= 0.3 is 0 Å². The van der Waals surface area contributed by atoms with Crippen molar-refractivity contribution in [3.8, 4) is 0 Å². The van der Waals surface area contributed by atoms with Gasteiger partial charge in [-0.2, -0.15) is 5.10 Å². The van der Waals surface area contributed by atoms with Crippen LogP contribution in [0.5, 0.6) is 0 Å². The molecule has 0 atom stereocenters. The first kappa shape index (κ1) is 7.79. The van der Waals surface area contributed by atoms with Gasteiger partial charge in [0, 0.05) is 0 Å². The molecular weight excluding hydrogens is 136 g/mol. The normalized spacial score (nSPS) is 10.7. The third-order valence-electron chi connectivity index (χ3n) is 1.64. The van der Waals surface area contributed by atoms with Crippen molar-refractivity contribution in [3.63, 3.8) is 0 Å². The predicted molar refractivity (Wildman–Crippen MR) is 47.7 cm³/mol. The van der Waals surface area contributed by atoms with Crippen molar-refractivity contribution in [2.45, 2.75) is 13.8 Å². The fourth-order valence-corrected chi connectivity index (χ4v) is 1.05. The van der Waals surface area contributed by atoms with E-state index in [9.17, 15) is 0 Å². The minimum absolute atomic E-state index is 1.08. The molecule has 0 saturated carbocycles. The first-order chi connectivity index (χ1) is 5.24. The maximum Gasteiger partial charge on any atom is 0.0540 e. The molecule has 0 spiro atoms. The third kappa shape index (κ3) is 1.80. The smallest absolute Gasteiger partial charge is 0.0540 e. The molecule has 1 rings (SSSR count). The molecule has 0 aliphatic rings. The fourth-order valence-electron chi connectivity index (χ4n) is 1.05. The van der Waals surface area contributed by atoms with Gasteiger partial charge in [0.2, 0.25) is 0 Å². The topological polar surface area (TPSA) is 38.4 Å². The van der Waals surface area contributed by atoms with Crippen LogP contribution in [0.4, 0.5) is 0 Å². The van der Waals surface area contributed by atoms with E-state index in [0.29, 0.717) is 0 Å². The van der Waals surface area contributed by atoms with E-state index >= 15 is 0 Å². The van der Waals surface area contributed by atoms with Crippen LogP contribution < -0.4 is 5.84 Å². The second-order valence-corrected chi connectivity index (χ2v) is 2.64. The molecule has 0 fully saturated rings. The highest BCUT2D eigenvalue weighted by Crippen LogP contribution is 2.07. The van der Waals surface area contributed by atoms with Gasteiger partial charge in [-0.3, -0.25) is 0 Å².